The summed E-state index contributed by atoms with van der Waals surface area (Å²) in [4.78, 5) is 10.1. The largest absolute Gasteiger partial charge is 0.408 e. The van der Waals surface area contributed by atoms with Gasteiger partial charge in [-0.2, -0.15) is 5.10 Å². The number of H-pyrrole nitrogens is 1. The summed E-state index contributed by atoms with van der Waals surface area (Å²) in [5.41, 5.74) is 5.71. The summed E-state index contributed by atoms with van der Waals surface area (Å²) in [6.07, 6.45) is 9.50. The normalized spacial score (nSPS) is 21.7. The van der Waals surface area contributed by atoms with E-state index in [0.29, 0.717) is 17.9 Å². The monoisotopic (exact) mass is 387 g/mol. The minimum atomic E-state index is -0.135. The van der Waals surface area contributed by atoms with E-state index in [2.05, 4.69) is 43.3 Å². The number of aromatic amines is 1. The Labute approximate surface area is 167 Å². The number of rotatable bonds is 4. The number of nitrogens with one attached hydrogen (secondary N) is 1. The quantitative estimate of drug-likeness (QED) is 0.578. The summed E-state index contributed by atoms with van der Waals surface area (Å²) in [5.74, 6) is 1.87. The Morgan fingerprint density at radius 2 is 2.00 bits per heavy atom. The van der Waals surface area contributed by atoms with Crippen molar-refractivity contribution in [2.45, 2.75) is 50.0 Å². The summed E-state index contributed by atoms with van der Waals surface area (Å²) in [6, 6.07) is 6.98. The first kappa shape index (κ1) is 15.7. The van der Waals surface area contributed by atoms with E-state index in [1.807, 2.05) is 10.7 Å². The summed E-state index contributed by atoms with van der Waals surface area (Å²) >= 11 is 0. The molecule has 4 aromatic heterocycles. The fourth-order valence-electron chi connectivity index (χ4n) is 4.55. The highest BCUT2D eigenvalue weighted by atomic mass is 16.4. The lowest BCUT2D eigenvalue weighted by atomic mass is 10.00. The zero-order chi connectivity index (χ0) is 18.9. The molecule has 1 aliphatic heterocycles. The fraction of sp³-hybridized carbons (Fsp3) is 0.429. The van der Waals surface area contributed by atoms with Gasteiger partial charge in [-0.3, -0.25) is 0 Å². The molecule has 0 radical (unpaired) electrons. The molecule has 0 amide bonds. The predicted molar refractivity (Wildman–Crippen MR) is 105 cm³/mol. The van der Waals surface area contributed by atoms with Crippen LogP contribution in [0.3, 0.4) is 0 Å². The summed E-state index contributed by atoms with van der Waals surface area (Å²) in [5, 5.41) is 13.6. The Morgan fingerprint density at radius 1 is 1.10 bits per heavy atom. The van der Waals surface area contributed by atoms with Crippen LogP contribution >= 0.6 is 0 Å². The molecule has 29 heavy (non-hydrogen) atoms. The van der Waals surface area contributed by atoms with Gasteiger partial charge in [-0.1, -0.05) is 11.2 Å². The molecule has 2 aliphatic carbocycles. The third kappa shape index (κ3) is 2.44. The van der Waals surface area contributed by atoms with E-state index in [1.165, 1.54) is 23.9 Å². The molecule has 7 rings (SSSR count). The van der Waals surface area contributed by atoms with Gasteiger partial charge in [-0.05, 0) is 49.3 Å². The smallest absolute Gasteiger partial charge is 0.319 e. The van der Waals surface area contributed by atoms with Gasteiger partial charge in [0, 0.05) is 30.8 Å². The van der Waals surface area contributed by atoms with Gasteiger partial charge in [0.2, 0.25) is 5.89 Å². The standard InChI is InChI=1S/C21H21N7O/c1-2-14(12-3-4-12)17-10-16(26-28(17)8-1)19-18-15(22-11-23-18)7-9-27(19)21-25-24-20(29-21)13-5-6-13/h1-2,8,10-13,19H,3-7,9H2,(H,22,23)/t19-/m0/s1. The molecule has 1 N–H and O–H groups in total. The molecular formula is C21H21N7O. The molecule has 2 saturated carbocycles. The first-order valence-corrected chi connectivity index (χ1v) is 10.5. The molecule has 8 heteroatoms. The van der Waals surface area contributed by atoms with Crippen molar-refractivity contribution >= 4 is 11.5 Å². The van der Waals surface area contributed by atoms with E-state index in [9.17, 15) is 0 Å². The highest BCUT2D eigenvalue weighted by molar-refractivity contribution is 5.59. The van der Waals surface area contributed by atoms with Crippen LogP contribution < -0.4 is 4.90 Å². The molecule has 4 aromatic rings. The van der Waals surface area contributed by atoms with Gasteiger partial charge in [0.1, 0.15) is 6.04 Å². The van der Waals surface area contributed by atoms with Crippen LogP contribution in [0.2, 0.25) is 0 Å². The summed E-state index contributed by atoms with van der Waals surface area (Å²) in [6.45, 7) is 0.787. The first-order chi connectivity index (χ1) is 14.3. The van der Waals surface area contributed by atoms with E-state index < -0.39 is 0 Å². The SMILES string of the molecule is c1cc(C2CC2)c2cc([C@H]3c4nc[nH]c4CCN3c3nnc(C4CC4)o3)nn2c1. The summed E-state index contributed by atoms with van der Waals surface area (Å²) in [7, 11) is 0. The van der Waals surface area contributed by atoms with E-state index in [-0.39, 0.29) is 6.04 Å². The molecule has 2 fully saturated rings. The second-order valence-corrected chi connectivity index (χ2v) is 8.45. The second-order valence-electron chi connectivity index (χ2n) is 8.45. The van der Waals surface area contributed by atoms with Gasteiger partial charge in [0.05, 0.1) is 23.2 Å². The van der Waals surface area contributed by atoms with Gasteiger partial charge >= 0.3 is 6.01 Å². The van der Waals surface area contributed by atoms with Crippen molar-refractivity contribution in [2.75, 3.05) is 11.4 Å². The molecule has 1 atom stereocenters. The predicted octanol–water partition coefficient (Wildman–Crippen LogP) is 3.35. The number of imidazole rings is 1. The van der Waals surface area contributed by atoms with Crippen LogP contribution in [0, 0.1) is 0 Å². The van der Waals surface area contributed by atoms with E-state index >= 15 is 0 Å². The Bertz CT molecular complexity index is 1210. The van der Waals surface area contributed by atoms with Crippen molar-refractivity contribution in [1.29, 1.82) is 0 Å². The Balaban J connectivity index is 1.36. The zero-order valence-electron chi connectivity index (χ0n) is 16.0. The lowest BCUT2D eigenvalue weighted by Crippen LogP contribution is -2.36. The van der Waals surface area contributed by atoms with Crippen LogP contribution in [0.25, 0.3) is 5.52 Å². The van der Waals surface area contributed by atoms with Crippen LogP contribution in [-0.4, -0.2) is 36.3 Å². The molecule has 0 aromatic carbocycles. The molecule has 0 bridgehead atoms. The lowest BCUT2D eigenvalue weighted by Gasteiger charge is -2.32. The molecule has 0 spiro atoms. The van der Waals surface area contributed by atoms with E-state index in [4.69, 9.17) is 9.52 Å². The maximum Gasteiger partial charge on any atom is 0.319 e. The van der Waals surface area contributed by atoms with E-state index in [1.54, 1.807) is 6.33 Å². The maximum atomic E-state index is 6.07. The van der Waals surface area contributed by atoms with Crippen LogP contribution in [0.1, 0.15) is 72.1 Å². The molecule has 8 nitrogen and oxygen atoms in total. The topological polar surface area (TPSA) is 88.1 Å². The van der Waals surface area contributed by atoms with E-state index in [0.717, 1.165) is 48.8 Å². The van der Waals surface area contributed by atoms with Crippen molar-refractivity contribution in [3.8, 4) is 0 Å². The van der Waals surface area contributed by atoms with Gasteiger partial charge in [-0.15, -0.1) is 5.10 Å². The summed E-state index contributed by atoms with van der Waals surface area (Å²) < 4.78 is 8.07. The van der Waals surface area contributed by atoms with Crippen molar-refractivity contribution in [3.05, 3.63) is 59.3 Å². The third-order valence-corrected chi connectivity index (χ3v) is 6.38. The molecule has 3 aliphatic rings. The average Bonchev–Trinajstić information content (AvgIpc) is 3.62. The molecule has 0 saturated heterocycles. The third-order valence-electron chi connectivity index (χ3n) is 6.38. The Kier molecular flexibility index (Phi) is 3.08. The highest BCUT2D eigenvalue weighted by Gasteiger charge is 2.38. The first-order valence-electron chi connectivity index (χ1n) is 10.5. The molecule has 146 valence electrons. The van der Waals surface area contributed by atoms with Crippen LogP contribution in [0.5, 0.6) is 0 Å². The molecule has 0 unspecified atom stereocenters. The number of hydrogen-bond acceptors (Lipinski definition) is 6. The number of aromatic nitrogens is 6. The average molecular weight is 387 g/mol. The number of anilines is 1. The number of hydrogen-bond donors (Lipinski definition) is 1. The minimum Gasteiger partial charge on any atom is -0.408 e. The van der Waals surface area contributed by atoms with Crippen molar-refractivity contribution in [2.24, 2.45) is 0 Å². The van der Waals surface area contributed by atoms with Crippen molar-refractivity contribution < 1.29 is 4.42 Å². The second kappa shape index (κ2) is 5.68. The lowest BCUT2D eigenvalue weighted by molar-refractivity contribution is 0.463. The fourth-order valence-corrected chi connectivity index (χ4v) is 4.55. The van der Waals surface area contributed by atoms with Crippen LogP contribution in [0.15, 0.2) is 35.1 Å². The van der Waals surface area contributed by atoms with Crippen molar-refractivity contribution in [1.82, 2.24) is 29.8 Å². The zero-order valence-corrected chi connectivity index (χ0v) is 16.0. The molecule has 5 heterocycles. The molecular weight excluding hydrogens is 366 g/mol. The van der Waals surface area contributed by atoms with Crippen LogP contribution in [-0.2, 0) is 6.42 Å². The number of nitrogens with zero attached hydrogens (tertiary/aromatic N) is 6. The van der Waals surface area contributed by atoms with Gasteiger partial charge in [-0.25, -0.2) is 9.50 Å². The number of fused-ring (bicyclic) bond motifs is 2. The minimum absolute atomic E-state index is 0.135. The van der Waals surface area contributed by atoms with Gasteiger partial charge in [0.15, 0.2) is 0 Å². The Morgan fingerprint density at radius 3 is 2.86 bits per heavy atom. The van der Waals surface area contributed by atoms with Gasteiger partial charge in [0.25, 0.3) is 0 Å². The van der Waals surface area contributed by atoms with Gasteiger partial charge < -0.3 is 14.3 Å². The Hall–Kier alpha value is -3.16. The number of pyridine rings is 1. The van der Waals surface area contributed by atoms with Crippen LogP contribution in [0.4, 0.5) is 6.01 Å². The highest BCUT2D eigenvalue weighted by Crippen LogP contribution is 2.44. The maximum absolute atomic E-state index is 6.07. The van der Waals surface area contributed by atoms with Crippen molar-refractivity contribution in [3.63, 3.8) is 0 Å².